The van der Waals surface area contributed by atoms with Gasteiger partial charge in [0.15, 0.2) is 5.79 Å². The zero-order valence-corrected chi connectivity index (χ0v) is 14.8. The molecule has 0 aromatic heterocycles. The summed E-state index contributed by atoms with van der Waals surface area (Å²) in [6, 6.07) is 5.13. The van der Waals surface area contributed by atoms with Crippen LogP contribution < -0.4 is 5.32 Å². The average molecular weight is 360 g/mol. The minimum Gasteiger partial charge on any atom is -0.393 e. The van der Waals surface area contributed by atoms with Gasteiger partial charge in [0.1, 0.15) is 5.82 Å². The Kier molecular flexibility index (Phi) is 3.95. The van der Waals surface area contributed by atoms with E-state index in [9.17, 15) is 9.50 Å². The highest BCUT2D eigenvalue weighted by molar-refractivity contribution is 5.73. The molecule has 3 aliphatic heterocycles. The predicted octanol–water partition coefficient (Wildman–Crippen LogP) is 2.73. The van der Waals surface area contributed by atoms with Crippen molar-refractivity contribution >= 4 is 5.70 Å². The minimum absolute atomic E-state index is 0.114. The van der Waals surface area contributed by atoms with Gasteiger partial charge in [-0.15, -0.1) is 0 Å². The van der Waals surface area contributed by atoms with E-state index in [1.165, 1.54) is 6.07 Å². The molecular weight excluding hydrogens is 335 g/mol. The molecule has 1 spiro atoms. The summed E-state index contributed by atoms with van der Waals surface area (Å²) in [5.41, 5.74) is 2.71. The molecule has 140 valence electrons. The van der Waals surface area contributed by atoms with Gasteiger partial charge in [-0.3, -0.25) is 0 Å². The molecule has 0 bridgehead atoms. The summed E-state index contributed by atoms with van der Waals surface area (Å²) in [5, 5.41) is 14.2. The maximum Gasteiger partial charge on any atom is 0.168 e. The first kappa shape index (κ1) is 16.5. The van der Waals surface area contributed by atoms with Crippen LogP contribution in [0.4, 0.5) is 4.39 Å². The number of hydrogen-bond acceptors (Lipinski definition) is 5. The number of ether oxygens (including phenoxy) is 2. The van der Waals surface area contributed by atoms with Crippen molar-refractivity contribution in [2.75, 3.05) is 19.9 Å². The quantitative estimate of drug-likeness (QED) is 0.868. The van der Waals surface area contributed by atoms with Crippen molar-refractivity contribution in [3.05, 3.63) is 41.3 Å². The molecule has 1 aromatic carbocycles. The third kappa shape index (κ3) is 2.54. The molecule has 1 saturated carbocycles. The summed E-state index contributed by atoms with van der Waals surface area (Å²) in [4.78, 5) is 2.17. The molecule has 0 amide bonds. The third-order valence-electron chi connectivity index (χ3n) is 6.46. The molecule has 2 unspecified atom stereocenters. The van der Waals surface area contributed by atoms with Crippen LogP contribution in [0.5, 0.6) is 0 Å². The Labute approximate surface area is 152 Å². The Hall–Kier alpha value is -1.63. The van der Waals surface area contributed by atoms with Crippen LogP contribution in [0.25, 0.3) is 5.70 Å². The van der Waals surface area contributed by atoms with Gasteiger partial charge in [0.05, 0.1) is 37.7 Å². The van der Waals surface area contributed by atoms with Crippen LogP contribution in [0.2, 0.25) is 0 Å². The molecule has 5 nitrogen and oxygen atoms in total. The lowest BCUT2D eigenvalue weighted by Crippen LogP contribution is -2.39. The molecule has 26 heavy (non-hydrogen) atoms. The zero-order valence-electron chi connectivity index (χ0n) is 14.8. The molecule has 6 heteroatoms. The van der Waals surface area contributed by atoms with E-state index in [0.29, 0.717) is 26.3 Å². The van der Waals surface area contributed by atoms with Crippen molar-refractivity contribution in [3.8, 4) is 0 Å². The normalized spacial score (nSPS) is 28.0. The molecule has 4 aliphatic rings. The molecule has 0 radical (unpaired) electrons. The molecular formula is C20H25FN2O3. The fourth-order valence-electron chi connectivity index (χ4n) is 5.09. The van der Waals surface area contributed by atoms with Gasteiger partial charge in [-0.1, -0.05) is 12.1 Å². The number of benzene rings is 1. The van der Waals surface area contributed by atoms with Gasteiger partial charge in [-0.05, 0) is 31.2 Å². The molecule has 2 fully saturated rings. The predicted molar refractivity (Wildman–Crippen MR) is 94.2 cm³/mol. The molecule has 1 aromatic rings. The number of aliphatic hydroxyl groups is 1. The van der Waals surface area contributed by atoms with Crippen molar-refractivity contribution in [2.24, 2.45) is 5.92 Å². The zero-order chi connectivity index (χ0) is 17.7. The molecule has 2 atom stereocenters. The van der Waals surface area contributed by atoms with Gasteiger partial charge in [-0.2, -0.15) is 0 Å². The number of aliphatic hydroxyl groups excluding tert-OH is 1. The van der Waals surface area contributed by atoms with Crippen molar-refractivity contribution in [1.82, 2.24) is 10.2 Å². The topological polar surface area (TPSA) is 54.0 Å². The van der Waals surface area contributed by atoms with E-state index in [0.717, 1.165) is 42.5 Å². The highest BCUT2D eigenvalue weighted by Crippen LogP contribution is 2.47. The second kappa shape index (κ2) is 6.22. The van der Waals surface area contributed by atoms with E-state index in [4.69, 9.17) is 9.47 Å². The summed E-state index contributed by atoms with van der Waals surface area (Å²) >= 11 is 0. The molecule has 2 N–H and O–H groups in total. The van der Waals surface area contributed by atoms with Gasteiger partial charge in [0, 0.05) is 30.2 Å². The lowest BCUT2D eigenvalue weighted by Gasteiger charge is -2.38. The Bertz CT molecular complexity index is 722. The first-order chi connectivity index (χ1) is 12.7. The molecule has 1 aliphatic carbocycles. The number of rotatable bonds is 3. The van der Waals surface area contributed by atoms with E-state index >= 15 is 0 Å². The fraction of sp³-hybridized carbons (Fsp3) is 0.600. The number of nitrogens with one attached hydrogen (secondary N) is 1. The van der Waals surface area contributed by atoms with E-state index in [1.807, 2.05) is 12.3 Å². The smallest absolute Gasteiger partial charge is 0.168 e. The Morgan fingerprint density at radius 1 is 1.27 bits per heavy atom. The molecule has 5 rings (SSSR count). The number of hydrogen-bond donors (Lipinski definition) is 2. The summed E-state index contributed by atoms with van der Waals surface area (Å²) < 4.78 is 26.1. The van der Waals surface area contributed by atoms with E-state index in [2.05, 4.69) is 10.2 Å². The summed E-state index contributed by atoms with van der Waals surface area (Å²) in [5.74, 6) is -0.366. The van der Waals surface area contributed by atoms with Crippen LogP contribution >= 0.6 is 0 Å². The Morgan fingerprint density at radius 2 is 2.04 bits per heavy atom. The van der Waals surface area contributed by atoms with Gasteiger partial charge in [-0.25, -0.2) is 4.39 Å². The van der Waals surface area contributed by atoms with Gasteiger partial charge in [0.25, 0.3) is 0 Å². The number of fused-ring (bicyclic) bond motifs is 3. The van der Waals surface area contributed by atoms with Crippen LogP contribution in [-0.2, 0) is 9.47 Å². The van der Waals surface area contributed by atoms with Crippen LogP contribution in [0.3, 0.4) is 0 Å². The number of nitrogens with zero attached hydrogens (tertiary/aromatic N) is 1. The maximum atomic E-state index is 14.6. The standard InChI is InChI=1S/C20H25FN2O3/c21-15-3-1-2-14-17-11-22-12-23(17)16(19(14)15)10-18(24)13-4-6-20(7-5-13)25-8-9-26-20/h1-3,11,13,16,18,22,24H,4-10,12H2. The van der Waals surface area contributed by atoms with Crippen LogP contribution in [0.15, 0.2) is 24.4 Å². The second-order valence-electron chi connectivity index (χ2n) is 7.83. The van der Waals surface area contributed by atoms with Crippen molar-refractivity contribution < 1.29 is 19.0 Å². The Balaban J connectivity index is 1.31. The van der Waals surface area contributed by atoms with Gasteiger partial charge in [0.2, 0.25) is 0 Å². The second-order valence-corrected chi connectivity index (χ2v) is 7.83. The minimum atomic E-state index is -0.453. The van der Waals surface area contributed by atoms with E-state index < -0.39 is 11.9 Å². The van der Waals surface area contributed by atoms with Crippen LogP contribution in [0, 0.1) is 11.7 Å². The summed E-state index contributed by atoms with van der Waals surface area (Å²) in [7, 11) is 0. The van der Waals surface area contributed by atoms with Crippen molar-refractivity contribution in [2.45, 2.75) is 50.0 Å². The third-order valence-corrected chi connectivity index (χ3v) is 6.46. The van der Waals surface area contributed by atoms with Crippen molar-refractivity contribution in [1.29, 1.82) is 0 Å². The highest BCUT2D eigenvalue weighted by atomic mass is 19.1. The lowest BCUT2D eigenvalue weighted by molar-refractivity contribution is -0.187. The van der Waals surface area contributed by atoms with Crippen molar-refractivity contribution in [3.63, 3.8) is 0 Å². The van der Waals surface area contributed by atoms with Gasteiger partial charge < -0.3 is 24.8 Å². The first-order valence-electron chi connectivity index (χ1n) is 9.62. The Morgan fingerprint density at radius 3 is 2.81 bits per heavy atom. The maximum absolute atomic E-state index is 14.6. The SMILES string of the molecule is OC(CC1c2c(F)cccc2C2=CNCN21)C1CCC2(CC1)OCCO2. The lowest BCUT2D eigenvalue weighted by atomic mass is 9.79. The van der Waals surface area contributed by atoms with E-state index in [-0.39, 0.29) is 17.8 Å². The monoisotopic (exact) mass is 360 g/mol. The summed E-state index contributed by atoms with van der Waals surface area (Å²) in [6.45, 7) is 2.00. The highest BCUT2D eigenvalue weighted by Gasteiger charge is 2.44. The number of halogens is 1. The molecule has 1 saturated heterocycles. The first-order valence-corrected chi connectivity index (χ1v) is 9.62. The molecule has 3 heterocycles. The summed E-state index contributed by atoms with van der Waals surface area (Å²) in [6.07, 6.45) is 5.49. The van der Waals surface area contributed by atoms with Crippen LogP contribution in [-0.4, -0.2) is 41.8 Å². The fourth-order valence-corrected chi connectivity index (χ4v) is 5.09. The van der Waals surface area contributed by atoms with Gasteiger partial charge >= 0.3 is 0 Å². The van der Waals surface area contributed by atoms with E-state index in [1.54, 1.807) is 6.07 Å². The van der Waals surface area contributed by atoms with Crippen LogP contribution in [0.1, 0.15) is 49.3 Å². The average Bonchev–Trinajstić information content (AvgIpc) is 3.35. The largest absolute Gasteiger partial charge is 0.393 e.